The second-order valence-electron chi connectivity index (χ2n) is 9.41. The summed E-state index contributed by atoms with van der Waals surface area (Å²) in [6.45, 7) is 8.14. The molecular formula is C31H41N5O3. The molecule has 2 heterocycles. The first-order chi connectivity index (χ1) is 19.0. The first-order valence-corrected chi connectivity index (χ1v) is 13.7. The lowest BCUT2D eigenvalue weighted by atomic mass is 9.94. The minimum Gasteiger partial charge on any atom is -0.480 e. The molecule has 39 heavy (non-hydrogen) atoms. The van der Waals surface area contributed by atoms with Crippen molar-refractivity contribution in [2.45, 2.75) is 52.6 Å². The van der Waals surface area contributed by atoms with Crippen LogP contribution in [-0.4, -0.2) is 52.7 Å². The number of aromatic nitrogens is 2. The number of hydrogen-bond donors (Lipinski definition) is 3. The van der Waals surface area contributed by atoms with Crippen LogP contribution in [0.2, 0.25) is 0 Å². The van der Waals surface area contributed by atoms with Gasteiger partial charge < -0.3 is 25.2 Å². The van der Waals surface area contributed by atoms with Gasteiger partial charge in [-0.05, 0) is 49.1 Å². The van der Waals surface area contributed by atoms with Gasteiger partial charge in [0.25, 0.3) is 0 Å². The number of piperidine rings is 1. The molecular weight excluding hydrogens is 490 g/mol. The highest BCUT2D eigenvalue weighted by Crippen LogP contribution is 2.28. The summed E-state index contributed by atoms with van der Waals surface area (Å²) in [7, 11) is 1.91. The maximum absolute atomic E-state index is 13.0. The third-order valence-electron chi connectivity index (χ3n) is 6.80. The van der Waals surface area contributed by atoms with E-state index in [4.69, 9.17) is 0 Å². The molecule has 1 amide bonds. The maximum Gasteiger partial charge on any atom is 0.326 e. The van der Waals surface area contributed by atoms with Crippen molar-refractivity contribution in [1.82, 2.24) is 14.9 Å². The quantitative estimate of drug-likeness (QED) is 0.338. The van der Waals surface area contributed by atoms with Gasteiger partial charge in [0, 0.05) is 56.6 Å². The van der Waals surface area contributed by atoms with E-state index in [1.807, 2.05) is 75.0 Å². The van der Waals surface area contributed by atoms with Gasteiger partial charge in [-0.25, -0.2) is 9.78 Å². The molecule has 1 unspecified atom stereocenters. The van der Waals surface area contributed by atoms with Crippen molar-refractivity contribution < 1.29 is 14.7 Å². The maximum atomic E-state index is 13.0. The molecule has 1 aliphatic heterocycles. The van der Waals surface area contributed by atoms with Crippen molar-refractivity contribution in [2.75, 3.05) is 30.4 Å². The van der Waals surface area contributed by atoms with Crippen LogP contribution in [0.25, 0.3) is 6.08 Å². The van der Waals surface area contributed by atoms with Crippen LogP contribution in [0.5, 0.6) is 0 Å². The number of carbonyl (C=O) groups excluding carboxylic acids is 1. The number of imidazole rings is 1. The Labute approximate surface area is 231 Å². The second kappa shape index (κ2) is 14.8. The molecule has 1 aromatic heterocycles. The first kappa shape index (κ1) is 29.5. The number of carboxylic acid groups (broad SMARTS) is 1. The van der Waals surface area contributed by atoms with Crippen molar-refractivity contribution in [3.63, 3.8) is 0 Å². The highest BCUT2D eigenvalue weighted by molar-refractivity contribution is 5.85. The molecule has 1 fully saturated rings. The van der Waals surface area contributed by atoms with Gasteiger partial charge in [0.1, 0.15) is 6.04 Å². The van der Waals surface area contributed by atoms with Gasteiger partial charge in [0.05, 0.1) is 12.0 Å². The van der Waals surface area contributed by atoms with E-state index in [0.29, 0.717) is 25.1 Å². The fourth-order valence-electron chi connectivity index (χ4n) is 4.78. The third-order valence-corrected chi connectivity index (χ3v) is 6.80. The van der Waals surface area contributed by atoms with E-state index < -0.39 is 12.0 Å². The van der Waals surface area contributed by atoms with E-state index >= 15 is 0 Å². The van der Waals surface area contributed by atoms with Crippen LogP contribution < -0.4 is 15.5 Å². The number of allylic oxidation sites excluding steroid dienone is 1. The number of hydrogen-bond acceptors (Lipinski definition) is 5. The second-order valence-corrected chi connectivity index (χ2v) is 9.41. The molecule has 3 aromatic rings. The van der Waals surface area contributed by atoms with Gasteiger partial charge in [-0.2, -0.15) is 0 Å². The molecule has 208 valence electrons. The Morgan fingerprint density at radius 2 is 1.85 bits per heavy atom. The smallest absolute Gasteiger partial charge is 0.326 e. The van der Waals surface area contributed by atoms with E-state index in [-0.39, 0.29) is 18.2 Å². The zero-order valence-electron chi connectivity index (χ0n) is 23.4. The largest absolute Gasteiger partial charge is 0.480 e. The number of anilines is 2. The molecule has 2 aromatic carbocycles. The monoisotopic (exact) mass is 531 g/mol. The van der Waals surface area contributed by atoms with Crippen LogP contribution in [0.15, 0.2) is 67.1 Å². The molecule has 0 radical (unpaired) electrons. The Morgan fingerprint density at radius 3 is 2.49 bits per heavy atom. The van der Waals surface area contributed by atoms with Crippen molar-refractivity contribution in [2.24, 2.45) is 5.92 Å². The van der Waals surface area contributed by atoms with Crippen LogP contribution >= 0.6 is 0 Å². The van der Waals surface area contributed by atoms with E-state index in [9.17, 15) is 14.7 Å². The summed E-state index contributed by atoms with van der Waals surface area (Å²) < 4.78 is 1.92. The number of amides is 1. The highest BCUT2D eigenvalue weighted by atomic mass is 16.4. The minimum absolute atomic E-state index is 0.146. The zero-order chi connectivity index (χ0) is 28.2. The van der Waals surface area contributed by atoms with Crippen molar-refractivity contribution in [3.8, 4) is 0 Å². The van der Waals surface area contributed by atoms with Gasteiger partial charge in [-0.15, -0.1) is 0 Å². The van der Waals surface area contributed by atoms with Gasteiger partial charge in [0.15, 0.2) is 0 Å². The molecule has 4 rings (SSSR count). The van der Waals surface area contributed by atoms with Crippen molar-refractivity contribution in [3.05, 3.63) is 84.0 Å². The van der Waals surface area contributed by atoms with Gasteiger partial charge >= 0.3 is 5.97 Å². The number of benzene rings is 2. The van der Waals surface area contributed by atoms with Crippen LogP contribution in [0, 0.1) is 5.92 Å². The average molecular weight is 532 g/mol. The molecule has 0 saturated carbocycles. The number of carboxylic acids is 1. The van der Waals surface area contributed by atoms with E-state index in [1.165, 1.54) is 0 Å². The Hall–Kier alpha value is -4.07. The molecule has 1 saturated heterocycles. The Balaban J connectivity index is 0.00000205. The standard InChI is InChI=1S/C29H35N5O3.C2H6/c1-3-7-23-16-25(10-11-26(23)30-2)34-14-12-22(13-15-34)28(35)32-27(29(36)37)17-24-19-33(20-31-24)18-21-8-5-4-6-9-21;1-2/h3-11,16,19-20,22,27,30H,12-15,17-18H2,1-2H3,(H,32,35)(H,36,37);1-2H3/b7-3-;. The number of aliphatic carboxylic acids is 1. The molecule has 1 aliphatic rings. The summed E-state index contributed by atoms with van der Waals surface area (Å²) >= 11 is 0. The fourth-order valence-corrected chi connectivity index (χ4v) is 4.78. The minimum atomic E-state index is -1.05. The zero-order valence-corrected chi connectivity index (χ0v) is 23.4. The molecule has 0 aliphatic carbocycles. The predicted molar refractivity (Wildman–Crippen MR) is 158 cm³/mol. The summed E-state index contributed by atoms with van der Waals surface area (Å²) in [6, 6.07) is 15.3. The Bertz CT molecular complexity index is 1230. The molecule has 0 spiro atoms. The van der Waals surface area contributed by atoms with Crippen molar-refractivity contribution in [1.29, 1.82) is 0 Å². The molecule has 0 bridgehead atoms. The summed E-state index contributed by atoms with van der Waals surface area (Å²) in [5.41, 5.74) is 5.09. The normalized spacial score (nSPS) is 14.4. The van der Waals surface area contributed by atoms with Crippen LogP contribution in [-0.2, 0) is 22.6 Å². The van der Waals surface area contributed by atoms with Crippen molar-refractivity contribution >= 4 is 29.3 Å². The molecule has 1 atom stereocenters. The molecule has 8 nitrogen and oxygen atoms in total. The number of nitrogens with one attached hydrogen (secondary N) is 2. The number of nitrogens with zero attached hydrogens (tertiary/aromatic N) is 3. The number of rotatable bonds is 10. The summed E-state index contributed by atoms with van der Waals surface area (Å²) in [5, 5.41) is 15.7. The summed E-state index contributed by atoms with van der Waals surface area (Å²) in [4.78, 5) is 31.6. The third kappa shape index (κ3) is 8.21. The lowest BCUT2D eigenvalue weighted by Crippen LogP contribution is -2.47. The van der Waals surface area contributed by atoms with E-state index in [2.05, 4.69) is 44.8 Å². The average Bonchev–Trinajstić information content (AvgIpc) is 3.41. The number of carbonyl (C=O) groups is 2. The Kier molecular flexibility index (Phi) is 11.2. The van der Waals surface area contributed by atoms with Crippen LogP contribution in [0.1, 0.15) is 50.4 Å². The topological polar surface area (TPSA) is 99.5 Å². The van der Waals surface area contributed by atoms with Crippen LogP contribution in [0.4, 0.5) is 11.4 Å². The van der Waals surface area contributed by atoms with Crippen LogP contribution in [0.3, 0.4) is 0 Å². The predicted octanol–water partition coefficient (Wildman–Crippen LogP) is 5.06. The lowest BCUT2D eigenvalue weighted by molar-refractivity contribution is -0.142. The van der Waals surface area contributed by atoms with Gasteiger partial charge in [-0.3, -0.25) is 4.79 Å². The van der Waals surface area contributed by atoms with Gasteiger partial charge in [-0.1, -0.05) is 56.3 Å². The molecule has 3 N–H and O–H groups in total. The summed E-state index contributed by atoms with van der Waals surface area (Å²) in [5.74, 6) is -1.46. The van der Waals surface area contributed by atoms with E-state index in [1.54, 1.807) is 6.33 Å². The Morgan fingerprint density at radius 1 is 1.13 bits per heavy atom. The first-order valence-electron chi connectivity index (χ1n) is 13.7. The highest BCUT2D eigenvalue weighted by Gasteiger charge is 2.29. The SMILES string of the molecule is C/C=C\c1cc(N2CCC(C(=O)NC(Cc3cn(Cc4ccccc4)cn3)C(=O)O)CC2)ccc1NC.CC. The van der Waals surface area contributed by atoms with E-state index in [0.717, 1.165) is 35.6 Å². The lowest BCUT2D eigenvalue weighted by Gasteiger charge is -2.33. The van der Waals surface area contributed by atoms with Gasteiger partial charge in [0.2, 0.25) is 5.91 Å². The fraction of sp³-hybridized carbons (Fsp3) is 0.387. The summed E-state index contributed by atoms with van der Waals surface area (Å²) in [6.07, 6.45) is 9.13. The molecule has 8 heteroatoms.